The molecular formula is C19H15NO5. The van der Waals surface area contributed by atoms with Crippen molar-refractivity contribution in [1.82, 2.24) is 0 Å². The summed E-state index contributed by atoms with van der Waals surface area (Å²) < 4.78 is 10.1. The Hall–Kier alpha value is -3.41. The molecule has 1 heterocycles. The van der Waals surface area contributed by atoms with Gasteiger partial charge in [-0.3, -0.25) is 4.79 Å². The Morgan fingerprint density at radius 2 is 1.88 bits per heavy atom. The maximum atomic E-state index is 12.4. The Morgan fingerprint density at radius 1 is 1.08 bits per heavy atom. The van der Waals surface area contributed by atoms with E-state index in [9.17, 15) is 14.4 Å². The van der Waals surface area contributed by atoms with Crippen molar-refractivity contribution in [3.05, 3.63) is 76.1 Å². The standard InChI is InChI=1S/C19H15NO5/c1-2-24-18(22)13-7-5-8-14(10-13)20-17(21)15-11-12-6-3-4-9-16(12)25-19(15)23/h3-11H,2H2,1H3,(H,20,21). The first-order valence-electron chi connectivity index (χ1n) is 7.70. The van der Waals surface area contributed by atoms with E-state index in [4.69, 9.17) is 9.15 Å². The third-order valence-electron chi connectivity index (χ3n) is 3.52. The van der Waals surface area contributed by atoms with Crippen molar-refractivity contribution in [2.24, 2.45) is 0 Å². The van der Waals surface area contributed by atoms with Gasteiger partial charge in [-0.25, -0.2) is 9.59 Å². The van der Waals surface area contributed by atoms with Crippen LogP contribution in [-0.2, 0) is 4.74 Å². The lowest BCUT2D eigenvalue weighted by Crippen LogP contribution is -2.20. The summed E-state index contributed by atoms with van der Waals surface area (Å²) in [5, 5.41) is 3.24. The molecule has 6 nitrogen and oxygen atoms in total. The van der Waals surface area contributed by atoms with E-state index in [1.807, 2.05) is 0 Å². The van der Waals surface area contributed by atoms with E-state index in [1.165, 1.54) is 12.1 Å². The molecule has 126 valence electrons. The fourth-order valence-corrected chi connectivity index (χ4v) is 2.36. The molecule has 0 aliphatic heterocycles. The van der Waals surface area contributed by atoms with Crippen LogP contribution in [0.25, 0.3) is 11.0 Å². The molecule has 2 aromatic carbocycles. The predicted octanol–water partition coefficient (Wildman–Crippen LogP) is 3.22. The van der Waals surface area contributed by atoms with Gasteiger partial charge in [-0.2, -0.15) is 0 Å². The molecule has 0 aliphatic carbocycles. The molecule has 25 heavy (non-hydrogen) atoms. The number of benzene rings is 2. The van der Waals surface area contributed by atoms with Crippen molar-refractivity contribution >= 4 is 28.5 Å². The molecule has 1 N–H and O–H groups in total. The zero-order chi connectivity index (χ0) is 17.8. The summed E-state index contributed by atoms with van der Waals surface area (Å²) in [6.45, 7) is 1.97. The highest BCUT2D eigenvalue weighted by Crippen LogP contribution is 2.15. The molecule has 0 saturated carbocycles. The number of esters is 1. The average Bonchev–Trinajstić information content (AvgIpc) is 2.61. The van der Waals surface area contributed by atoms with E-state index in [2.05, 4.69) is 5.32 Å². The van der Waals surface area contributed by atoms with Crippen molar-refractivity contribution in [3.63, 3.8) is 0 Å². The van der Waals surface area contributed by atoms with Crippen LogP contribution in [0.4, 0.5) is 5.69 Å². The van der Waals surface area contributed by atoms with Crippen molar-refractivity contribution < 1.29 is 18.7 Å². The Balaban J connectivity index is 1.88. The maximum absolute atomic E-state index is 12.4. The smallest absolute Gasteiger partial charge is 0.349 e. The maximum Gasteiger partial charge on any atom is 0.349 e. The molecule has 1 aromatic heterocycles. The number of carbonyl (C=O) groups excluding carboxylic acids is 2. The number of hydrogen-bond acceptors (Lipinski definition) is 5. The molecular weight excluding hydrogens is 322 g/mol. The minimum Gasteiger partial charge on any atom is -0.462 e. The van der Waals surface area contributed by atoms with E-state index in [0.29, 0.717) is 22.2 Å². The second-order valence-corrected chi connectivity index (χ2v) is 5.24. The zero-order valence-corrected chi connectivity index (χ0v) is 13.4. The number of fused-ring (bicyclic) bond motifs is 1. The molecule has 0 bridgehead atoms. The lowest BCUT2D eigenvalue weighted by atomic mass is 10.1. The molecule has 6 heteroatoms. The highest BCUT2D eigenvalue weighted by molar-refractivity contribution is 6.05. The Morgan fingerprint density at radius 3 is 2.68 bits per heavy atom. The Labute approximate surface area is 143 Å². The van der Waals surface area contributed by atoms with Gasteiger partial charge in [0.15, 0.2) is 0 Å². The van der Waals surface area contributed by atoms with Crippen LogP contribution in [-0.4, -0.2) is 18.5 Å². The molecule has 3 aromatic rings. The summed E-state index contributed by atoms with van der Waals surface area (Å²) in [5.74, 6) is -1.09. The highest BCUT2D eigenvalue weighted by atomic mass is 16.5. The van der Waals surface area contributed by atoms with Crippen molar-refractivity contribution in [3.8, 4) is 0 Å². The molecule has 1 amide bonds. The van der Waals surface area contributed by atoms with Crippen LogP contribution in [0.5, 0.6) is 0 Å². The van der Waals surface area contributed by atoms with Crippen LogP contribution in [0, 0.1) is 0 Å². The average molecular weight is 337 g/mol. The minimum absolute atomic E-state index is 0.111. The van der Waals surface area contributed by atoms with Gasteiger partial charge in [-0.15, -0.1) is 0 Å². The summed E-state index contributed by atoms with van der Waals surface area (Å²) in [4.78, 5) is 36.2. The van der Waals surface area contributed by atoms with Crippen molar-refractivity contribution in [1.29, 1.82) is 0 Å². The monoisotopic (exact) mass is 337 g/mol. The van der Waals surface area contributed by atoms with E-state index >= 15 is 0 Å². The molecule has 0 fully saturated rings. The molecule has 0 aliphatic rings. The summed E-state index contributed by atoms with van der Waals surface area (Å²) in [6.07, 6.45) is 0. The molecule has 0 saturated heterocycles. The number of para-hydroxylation sites is 1. The number of amides is 1. The van der Waals surface area contributed by atoms with E-state index in [0.717, 1.165) is 0 Å². The van der Waals surface area contributed by atoms with Gasteiger partial charge in [-0.1, -0.05) is 24.3 Å². The highest BCUT2D eigenvalue weighted by Gasteiger charge is 2.15. The van der Waals surface area contributed by atoms with E-state index in [1.54, 1.807) is 49.4 Å². The first kappa shape index (κ1) is 16.4. The van der Waals surface area contributed by atoms with Crippen molar-refractivity contribution in [2.75, 3.05) is 11.9 Å². The van der Waals surface area contributed by atoms with Crippen LogP contribution in [0.2, 0.25) is 0 Å². The first-order chi connectivity index (χ1) is 12.1. The first-order valence-corrected chi connectivity index (χ1v) is 7.70. The van der Waals surface area contributed by atoms with E-state index < -0.39 is 17.5 Å². The fourth-order valence-electron chi connectivity index (χ4n) is 2.36. The summed E-state index contributed by atoms with van der Waals surface area (Å²) >= 11 is 0. The van der Waals surface area contributed by atoms with Gasteiger partial charge in [0.25, 0.3) is 5.91 Å². The van der Waals surface area contributed by atoms with Crippen LogP contribution < -0.4 is 10.9 Å². The Kier molecular flexibility index (Phi) is 4.61. The van der Waals surface area contributed by atoms with Gasteiger partial charge < -0.3 is 14.5 Å². The van der Waals surface area contributed by atoms with Gasteiger partial charge in [0.05, 0.1) is 12.2 Å². The summed E-state index contributed by atoms with van der Waals surface area (Å²) in [5.41, 5.74) is 0.264. The molecule has 0 spiro atoms. The number of rotatable bonds is 4. The summed E-state index contributed by atoms with van der Waals surface area (Å²) in [6, 6.07) is 14.7. The largest absolute Gasteiger partial charge is 0.462 e. The SMILES string of the molecule is CCOC(=O)c1cccc(NC(=O)c2cc3ccccc3oc2=O)c1. The van der Waals surface area contributed by atoms with Gasteiger partial charge in [-0.05, 0) is 37.3 Å². The molecule has 0 radical (unpaired) electrons. The van der Waals surface area contributed by atoms with Gasteiger partial charge >= 0.3 is 11.6 Å². The topological polar surface area (TPSA) is 85.6 Å². The minimum atomic E-state index is -0.724. The number of hydrogen-bond donors (Lipinski definition) is 1. The Bertz CT molecular complexity index is 1010. The molecule has 3 rings (SSSR count). The van der Waals surface area contributed by atoms with Gasteiger partial charge in [0, 0.05) is 11.1 Å². The second-order valence-electron chi connectivity index (χ2n) is 5.24. The molecule has 0 unspecified atom stereocenters. The normalized spacial score (nSPS) is 10.4. The third-order valence-corrected chi connectivity index (χ3v) is 3.52. The zero-order valence-electron chi connectivity index (χ0n) is 13.4. The lowest BCUT2D eigenvalue weighted by molar-refractivity contribution is 0.0526. The number of carbonyl (C=O) groups is 2. The van der Waals surface area contributed by atoms with E-state index in [-0.39, 0.29) is 12.2 Å². The fraction of sp³-hybridized carbons (Fsp3) is 0.105. The van der Waals surface area contributed by atoms with Crippen molar-refractivity contribution in [2.45, 2.75) is 6.92 Å². The molecule has 0 atom stereocenters. The number of ether oxygens (including phenoxy) is 1. The third kappa shape index (κ3) is 3.58. The van der Waals surface area contributed by atoms with Crippen LogP contribution in [0.15, 0.2) is 63.8 Å². The number of anilines is 1. The van der Waals surface area contributed by atoms with Crippen LogP contribution >= 0.6 is 0 Å². The van der Waals surface area contributed by atoms with Gasteiger partial charge in [0.2, 0.25) is 0 Å². The van der Waals surface area contributed by atoms with Gasteiger partial charge in [0.1, 0.15) is 11.1 Å². The second kappa shape index (κ2) is 7.00. The lowest BCUT2D eigenvalue weighted by Gasteiger charge is -2.07. The van der Waals surface area contributed by atoms with Crippen LogP contribution in [0.1, 0.15) is 27.6 Å². The van der Waals surface area contributed by atoms with Crippen LogP contribution in [0.3, 0.4) is 0 Å². The predicted molar refractivity (Wildman–Crippen MR) is 92.8 cm³/mol. The quantitative estimate of drug-likeness (QED) is 0.583. The number of nitrogens with one attached hydrogen (secondary N) is 1. The summed E-state index contributed by atoms with van der Waals surface area (Å²) in [7, 11) is 0.